The molecule has 4 fully saturated rings. The predicted molar refractivity (Wildman–Crippen MR) is 109 cm³/mol. The molecule has 0 N–H and O–H groups in total. The van der Waals surface area contributed by atoms with Crippen molar-refractivity contribution in [1.82, 2.24) is 0 Å². The second-order valence-corrected chi connectivity index (χ2v) is 11.6. The molecule has 0 bridgehead atoms. The molecule has 0 aromatic carbocycles. The van der Waals surface area contributed by atoms with Gasteiger partial charge in [-0.15, -0.1) is 0 Å². The minimum Gasteiger partial charge on any atom is -0.171 e. The molecule has 3 heteroatoms. The number of alkyl halides is 3. The number of fused-ring (bicyclic) bond motifs is 5. The van der Waals surface area contributed by atoms with Gasteiger partial charge in [0.15, 0.2) is 0 Å². The zero-order chi connectivity index (χ0) is 20.2. The maximum absolute atomic E-state index is 12.8. The molecule has 0 radical (unpaired) electrons. The summed E-state index contributed by atoms with van der Waals surface area (Å²) in [6.07, 6.45) is 10.2. The van der Waals surface area contributed by atoms with E-state index in [4.69, 9.17) is 0 Å². The lowest BCUT2D eigenvalue weighted by Gasteiger charge is -2.61. The van der Waals surface area contributed by atoms with E-state index in [1.807, 2.05) is 0 Å². The highest BCUT2D eigenvalue weighted by Gasteiger charge is 2.60. The van der Waals surface area contributed by atoms with Gasteiger partial charge in [-0.1, -0.05) is 33.6 Å². The molecule has 4 aliphatic carbocycles. The molecule has 0 nitrogen and oxygen atoms in total. The van der Waals surface area contributed by atoms with Gasteiger partial charge in [-0.05, 0) is 111 Å². The van der Waals surface area contributed by atoms with Crippen LogP contribution in [0.3, 0.4) is 0 Å². The van der Waals surface area contributed by atoms with Crippen LogP contribution in [-0.4, -0.2) is 6.18 Å². The van der Waals surface area contributed by atoms with Crippen molar-refractivity contribution >= 4 is 0 Å². The molecule has 4 aliphatic rings. The van der Waals surface area contributed by atoms with Crippen LogP contribution in [0.2, 0.25) is 0 Å². The molecule has 4 saturated carbocycles. The molecule has 28 heavy (non-hydrogen) atoms. The van der Waals surface area contributed by atoms with Crippen LogP contribution in [0.15, 0.2) is 0 Å². The maximum atomic E-state index is 12.8. The van der Waals surface area contributed by atoms with Crippen LogP contribution < -0.4 is 0 Å². The summed E-state index contributed by atoms with van der Waals surface area (Å²) in [5.41, 5.74) is 0.688. The first kappa shape index (κ1) is 21.0. The van der Waals surface area contributed by atoms with Crippen molar-refractivity contribution in [2.24, 2.45) is 46.3 Å². The summed E-state index contributed by atoms with van der Waals surface area (Å²) < 4.78 is 38.5. The standard InChI is InChI=1S/C25H41F3/c1-4-5-17-10-13-24(3)19(16-17)6-8-20-21-9-7-18(11-15-25(26,27)28)23(21,2)14-12-22(20)24/h17-22H,4-16H2,1-3H3/t17?,18?,19?,20-,21?,22?,23+,24-/m0/s1. The number of rotatable bonds is 4. The van der Waals surface area contributed by atoms with Gasteiger partial charge >= 0.3 is 6.18 Å². The summed E-state index contributed by atoms with van der Waals surface area (Å²) in [5, 5.41) is 0. The van der Waals surface area contributed by atoms with Crippen LogP contribution in [0.1, 0.15) is 104 Å². The lowest BCUT2D eigenvalue weighted by atomic mass is 9.44. The predicted octanol–water partition coefficient (Wildman–Crippen LogP) is 8.40. The summed E-state index contributed by atoms with van der Waals surface area (Å²) in [4.78, 5) is 0. The minimum absolute atomic E-state index is 0.176. The summed E-state index contributed by atoms with van der Waals surface area (Å²) in [6, 6.07) is 0. The van der Waals surface area contributed by atoms with Crippen molar-refractivity contribution in [3.63, 3.8) is 0 Å². The van der Waals surface area contributed by atoms with Gasteiger partial charge in [0.2, 0.25) is 0 Å². The fraction of sp³-hybridized carbons (Fsp3) is 1.00. The van der Waals surface area contributed by atoms with E-state index in [2.05, 4.69) is 20.8 Å². The lowest BCUT2D eigenvalue weighted by molar-refractivity contribution is -0.144. The second kappa shape index (κ2) is 7.49. The molecule has 0 spiro atoms. The molecule has 162 valence electrons. The topological polar surface area (TPSA) is 0 Å². The number of hydrogen-bond acceptors (Lipinski definition) is 0. The fourth-order valence-corrected chi connectivity index (χ4v) is 8.94. The first-order valence-corrected chi connectivity index (χ1v) is 12.2. The summed E-state index contributed by atoms with van der Waals surface area (Å²) >= 11 is 0. The SMILES string of the molecule is CCCC1CC[C@@]2(C)C(CC[C@@H]3C2CC[C@]2(C)C(CCC(F)(F)F)CCC32)C1. The van der Waals surface area contributed by atoms with Gasteiger partial charge < -0.3 is 0 Å². The van der Waals surface area contributed by atoms with Crippen molar-refractivity contribution in [2.75, 3.05) is 0 Å². The minimum atomic E-state index is -3.99. The highest BCUT2D eigenvalue weighted by Crippen LogP contribution is 2.68. The van der Waals surface area contributed by atoms with Crippen molar-refractivity contribution in [2.45, 2.75) is 110 Å². The van der Waals surface area contributed by atoms with Crippen molar-refractivity contribution in [3.05, 3.63) is 0 Å². The van der Waals surface area contributed by atoms with E-state index in [-0.39, 0.29) is 5.41 Å². The van der Waals surface area contributed by atoms with E-state index in [9.17, 15) is 13.2 Å². The number of hydrogen-bond donors (Lipinski definition) is 0. The molecule has 0 aliphatic heterocycles. The largest absolute Gasteiger partial charge is 0.389 e. The van der Waals surface area contributed by atoms with Crippen LogP contribution in [0, 0.1) is 46.3 Å². The Labute approximate surface area is 170 Å². The van der Waals surface area contributed by atoms with Gasteiger partial charge in [0, 0.05) is 6.42 Å². The monoisotopic (exact) mass is 398 g/mol. The van der Waals surface area contributed by atoms with Crippen LogP contribution in [-0.2, 0) is 0 Å². The Kier molecular flexibility index (Phi) is 5.62. The van der Waals surface area contributed by atoms with E-state index < -0.39 is 12.6 Å². The van der Waals surface area contributed by atoms with Gasteiger partial charge in [-0.3, -0.25) is 0 Å². The molecule has 0 heterocycles. The average molecular weight is 399 g/mol. The van der Waals surface area contributed by atoms with Gasteiger partial charge in [0.25, 0.3) is 0 Å². The molecule has 0 saturated heterocycles. The van der Waals surface area contributed by atoms with Gasteiger partial charge in [0.1, 0.15) is 0 Å². The lowest BCUT2D eigenvalue weighted by Crippen LogP contribution is -2.53. The van der Waals surface area contributed by atoms with Crippen LogP contribution >= 0.6 is 0 Å². The van der Waals surface area contributed by atoms with E-state index in [1.165, 1.54) is 64.2 Å². The highest BCUT2D eigenvalue weighted by atomic mass is 19.4. The normalized spacial score (nSPS) is 48.6. The molecular weight excluding hydrogens is 357 g/mol. The van der Waals surface area contributed by atoms with E-state index >= 15 is 0 Å². The van der Waals surface area contributed by atoms with Gasteiger partial charge in [-0.25, -0.2) is 0 Å². The fourth-order valence-electron chi connectivity index (χ4n) is 8.94. The number of halogens is 3. The molecular formula is C25H41F3. The Bertz CT molecular complexity index is 554. The third-order valence-corrected chi connectivity index (χ3v) is 10.4. The van der Waals surface area contributed by atoms with Crippen molar-refractivity contribution < 1.29 is 13.2 Å². The molecule has 4 rings (SSSR count). The third-order valence-electron chi connectivity index (χ3n) is 10.4. The quantitative estimate of drug-likeness (QED) is 0.446. The maximum Gasteiger partial charge on any atom is 0.389 e. The van der Waals surface area contributed by atoms with Crippen molar-refractivity contribution in [3.8, 4) is 0 Å². The van der Waals surface area contributed by atoms with Crippen LogP contribution in [0.25, 0.3) is 0 Å². The smallest absolute Gasteiger partial charge is 0.171 e. The Morgan fingerprint density at radius 2 is 1.54 bits per heavy atom. The zero-order valence-corrected chi connectivity index (χ0v) is 18.3. The van der Waals surface area contributed by atoms with Crippen LogP contribution in [0.5, 0.6) is 0 Å². The zero-order valence-electron chi connectivity index (χ0n) is 18.3. The molecule has 0 amide bonds. The van der Waals surface area contributed by atoms with Gasteiger partial charge in [0.05, 0.1) is 0 Å². The Hall–Kier alpha value is -0.210. The Morgan fingerprint density at radius 1 is 0.821 bits per heavy atom. The van der Waals surface area contributed by atoms with Crippen LogP contribution in [0.4, 0.5) is 13.2 Å². The highest BCUT2D eigenvalue weighted by molar-refractivity contribution is 5.09. The summed E-state index contributed by atoms with van der Waals surface area (Å²) in [5.74, 6) is 4.48. The van der Waals surface area contributed by atoms with Gasteiger partial charge in [-0.2, -0.15) is 13.2 Å². The first-order valence-electron chi connectivity index (χ1n) is 12.2. The van der Waals surface area contributed by atoms with E-state index in [0.29, 0.717) is 23.7 Å². The summed E-state index contributed by atoms with van der Waals surface area (Å²) in [7, 11) is 0. The third kappa shape index (κ3) is 3.55. The Morgan fingerprint density at radius 3 is 2.25 bits per heavy atom. The summed E-state index contributed by atoms with van der Waals surface area (Å²) in [6.45, 7) is 7.30. The molecule has 0 aromatic rings. The van der Waals surface area contributed by atoms with E-state index in [0.717, 1.165) is 30.1 Å². The molecule has 0 aromatic heterocycles. The molecule has 5 unspecified atom stereocenters. The first-order chi connectivity index (χ1) is 13.2. The van der Waals surface area contributed by atoms with Crippen molar-refractivity contribution in [1.29, 1.82) is 0 Å². The second-order valence-electron chi connectivity index (χ2n) is 11.6. The average Bonchev–Trinajstić information content (AvgIpc) is 2.96. The Balaban J connectivity index is 1.47. The molecule has 8 atom stereocenters. The van der Waals surface area contributed by atoms with E-state index in [1.54, 1.807) is 0 Å².